The minimum absolute atomic E-state index is 0.287. The minimum atomic E-state index is -3.11. The van der Waals surface area contributed by atoms with E-state index in [1.807, 2.05) is 11.9 Å². The zero-order valence-electron chi connectivity index (χ0n) is 11.9. The number of hydrogen-bond donors (Lipinski definition) is 1. The highest BCUT2D eigenvalue weighted by molar-refractivity contribution is 7.88. The maximum atomic E-state index is 11.5. The largest absolute Gasteiger partial charge is 0.481 e. The molecule has 0 aliphatic carbocycles. The summed E-state index contributed by atoms with van der Waals surface area (Å²) >= 11 is 0. The van der Waals surface area contributed by atoms with Gasteiger partial charge in [0.15, 0.2) is 0 Å². The van der Waals surface area contributed by atoms with Crippen molar-refractivity contribution in [3.63, 3.8) is 0 Å². The zero-order valence-corrected chi connectivity index (χ0v) is 12.7. The molecule has 1 rings (SSSR count). The van der Waals surface area contributed by atoms with Crippen molar-refractivity contribution in [3.05, 3.63) is 0 Å². The summed E-state index contributed by atoms with van der Waals surface area (Å²) in [6.45, 7) is 4.06. The van der Waals surface area contributed by atoms with E-state index in [0.29, 0.717) is 19.6 Å². The van der Waals surface area contributed by atoms with Gasteiger partial charge in [-0.15, -0.1) is 0 Å². The highest BCUT2D eigenvalue weighted by Crippen LogP contribution is 2.19. The van der Waals surface area contributed by atoms with E-state index in [0.717, 1.165) is 19.4 Å². The topological polar surface area (TPSA) is 77.9 Å². The van der Waals surface area contributed by atoms with Crippen molar-refractivity contribution in [2.45, 2.75) is 19.8 Å². The lowest BCUT2D eigenvalue weighted by atomic mass is 9.99. The van der Waals surface area contributed by atoms with Crippen LogP contribution in [0.5, 0.6) is 0 Å². The first-order valence-corrected chi connectivity index (χ1v) is 8.41. The van der Waals surface area contributed by atoms with Crippen LogP contribution in [0.4, 0.5) is 0 Å². The van der Waals surface area contributed by atoms with Gasteiger partial charge in [0.25, 0.3) is 0 Å². The van der Waals surface area contributed by atoms with E-state index in [2.05, 4.69) is 0 Å². The molecule has 0 aromatic rings. The van der Waals surface area contributed by atoms with E-state index in [1.165, 1.54) is 10.6 Å². The first-order chi connectivity index (χ1) is 8.70. The van der Waals surface area contributed by atoms with Crippen LogP contribution < -0.4 is 0 Å². The smallest absolute Gasteiger partial charge is 0.307 e. The molecule has 0 amide bonds. The molecule has 0 bridgehead atoms. The summed E-state index contributed by atoms with van der Waals surface area (Å²) in [4.78, 5) is 12.8. The summed E-state index contributed by atoms with van der Waals surface area (Å²) in [5, 5.41) is 8.87. The second-order valence-electron chi connectivity index (χ2n) is 5.59. The van der Waals surface area contributed by atoms with Crippen LogP contribution in [-0.4, -0.2) is 68.2 Å². The number of hydrogen-bond acceptors (Lipinski definition) is 4. The molecule has 0 aromatic carbocycles. The summed E-state index contributed by atoms with van der Waals surface area (Å²) in [6.07, 6.45) is 3.11. The quantitative estimate of drug-likeness (QED) is 0.762. The van der Waals surface area contributed by atoms with Crippen molar-refractivity contribution in [1.29, 1.82) is 0 Å². The van der Waals surface area contributed by atoms with Crippen molar-refractivity contribution in [2.75, 3.05) is 39.5 Å². The molecule has 2 atom stereocenters. The Morgan fingerprint density at radius 3 is 2.68 bits per heavy atom. The summed E-state index contributed by atoms with van der Waals surface area (Å²) in [5.41, 5.74) is 0. The van der Waals surface area contributed by atoms with Crippen molar-refractivity contribution >= 4 is 16.0 Å². The van der Waals surface area contributed by atoms with Crippen molar-refractivity contribution in [2.24, 2.45) is 11.8 Å². The van der Waals surface area contributed by atoms with Gasteiger partial charge in [0, 0.05) is 26.2 Å². The number of carbonyl (C=O) groups is 1. The lowest BCUT2D eigenvalue weighted by molar-refractivity contribution is -0.141. The molecule has 1 aliphatic heterocycles. The molecular weight excluding hydrogens is 268 g/mol. The van der Waals surface area contributed by atoms with E-state index >= 15 is 0 Å². The standard InChI is InChI=1S/C12H24N2O4S/c1-10(12(15)16)7-13(2)8-11-5-4-6-14(9-11)19(3,17)18/h10-11H,4-9H2,1-3H3,(H,15,16). The average Bonchev–Trinajstić information content (AvgIpc) is 2.27. The zero-order chi connectivity index (χ0) is 14.6. The van der Waals surface area contributed by atoms with Crippen LogP contribution >= 0.6 is 0 Å². The number of piperidine rings is 1. The Balaban J connectivity index is 2.46. The lowest BCUT2D eigenvalue weighted by Crippen LogP contribution is -2.43. The van der Waals surface area contributed by atoms with Crippen LogP contribution in [0.15, 0.2) is 0 Å². The van der Waals surface area contributed by atoms with Gasteiger partial charge >= 0.3 is 5.97 Å². The van der Waals surface area contributed by atoms with E-state index < -0.39 is 21.9 Å². The Morgan fingerprint density at radius 2 is 2.16 bits per heavy atom. The van der Waals surface area contributed by atoms with Gasteiger partial charge in [-0.05, 0) is 25.8 Å². The van der Waals surface area contributed by atoms with Gasteiger partial charge in [-0.25, -0.2) is 12.7 Å². The average molecular weight is 292 g/mol. The van der Waals surface area contributed by atoms with Crippen LogP contribution in [-0.2, 0) is 14.8 Å². The molecule has 0 spiro atoms. The van der Waals surface area contributed by atoms with E-state index in [-0.39, 0.29) is 5.92 Å². The predicted octanol–water partition coefficient (Wildman–Crippen LogP) is 0.311. The highest BCUT2D eigenvalue weighted by atomic mass is 32.2. The van der Waals surface area contributed by atoms with Crippen LogP contribution in [0.2, 0.25) is 0 Å². The minimum Gasteiger partial charge on any atom is -0.481 e. The number of carboxylic acids is 1. The number of aliphatic carboxylic acids is 1. The van der Waals surface area contributed by atoms with Gasteiger partial charge in [0.05, 0.1) is 12.2 Å². The molecule has 112 valence electrons. The molecule has 1 heterocycles. The van der Waals surface area contributed by atoms with Gasteiger partial charge in [0.1, 0.15) is 0 Å². The number of carboxylic acid groups (broad SMARTS) is 1. The fraction of sp³-hybridized carbons (Fsp3) is 0.917. The Hall–Kier alpha value is -0.660. The highest BCUT2D eigenvalue weighted by Gasteiger charge is 2.27. The maximum absolute atomic E-state index is 11.5. The third kappa shape index (κ3) is 5.46. The Labute approximate surface area is 115 Å². The van der Waals surface area contributed by atoms with E-state index in [1.54, 1.807) is 6.92 Å². The summed E-state index contributed by atoms with van der Waals surface area (Å²) in [7, 11) is -1.22. The van der Waals surface area contributed by atoms with Crippen molar-refractivity contribution in [3.8, 4) is 0 Å². The molecule has 1 saturated heterocycles. The van der Waals surface area contributed by atoms with Crippen LogP contribution in [0, 0.1) is 11.8 Å². The fourth-order valence-corrected chi connectivity index (χ4v) is 3.48. The summed E-state index contributed by atoms with van der Waals surface area (Å²) < 4.78 is 24.6. The Kier molecular flexibility index (Phi) is 5.76. The normalized spacial score (nSPS) is 23.5. The summed E-state index contributed by atoms with van der Waals surface area (Å²) in [5.74, 6) is -0.915. The third-order valence-electron chi connectivity index (χ3n) is 3.53. The van der Waals surface area contributed by atoms with Gasteiger partial charge in [0.2, 0.25) is 10.0 Å². The molecule has 19 heavy (non-hydrogen) atoms. The first-order valence-electron chi connectivity index (χ1n) is 6.56. The molecule has 1 N–H and O–H groups in total. The van der Waals surface area contributed by atoms with Crippen LogP contribution in [0.25, 0.3) is 0 Å². The van der Waals surface area contributed by atoms with Gasteiger partial charge in [-0.1, -0.05) is 6.92 Å². The molecule has 0 radical (unpaired) electrons. The monoisotopic (exact) mass is 292 g/mol. The molecule has 6 nitrogen and oxygen atoms in total. The molecule has 1 fully saturated rings. The van der Waals surface area contributed by atoms with Crippen LogP contribution in [0.1, 0.15) is 19.8 Å². The Bertz CT molecular complexity index is 410. The molecule has 0 aromatic heterocycles. The van der Waals surface area contributed by atoms with Crippen LogP contribution in [0.3, 0.4) is 0 Å². The second kappa shape index (κ2) is 6.67. The molecule has 0 saturated carbocycles. The van der Waals surface area contributed by atoms with Gasteiger partial charge in [-0.2, -0.15) is 0 Å². The maximum Gasteiger partial charge on any atom is 0.307 e. The first kappa shape index (κ1) is 16.4. The van der Waals surface area contributed by atoms with Crippen molar-refractivity contribution in [1.82, 2.24) is 9.21 Å². The van der Waals surface area contributed by atoms with Crippen molar-refractivity contribution < 1.29 is 18.3 Å². The van der Waals surface area contributed by atoms with Gasteiger partial charge < -0.3 is 10.0 Å². The molecule has 2 unspecified atom stereocenters. The Morgan fingerprint density at radius 1 is 1.53 bits per heavy atom. The number of nitrogens with zero attached hydrogens (tertiary/aromatic N) is 2. The molecule has 7 heteroatoms. The van der Waals surface area contributed by atoms with E-state index in [4.69, 9.17) is 5.11 Å². The van der Waals surface area contributed by atoms with Gasteiger partial charge in [-0.3, -0.25) is 4.79 Å². The number of sulfonamides is 1. The lowest BCUT2D eigenvalue weighted by Gasteiger charge is -2.33. The fourth-order valence-electron chi connectivity index (χ4n) is 2.54. The van der Waals surface area contributed by atoms with E-state index in [9.17, 15) is 13.2 Å². The number of rotatable bonds is 6. The predicted molar refractivity (Wildman–Crippen MR) is 73.4 cm³/mol. The SMILES string of the molecule is CC(CN(C)CC1CCCN(S(C)(=O)=O)C1)C(=O)O. The summed E-state index contributed by atoms with van der Waals surface area (Å²) in [6, 6.07) is 0. The molecule has 1 aliphatic rings. The third-order valence-corrected chi connectivity index (χ3v) is 4.80. The molecular formula is C12H24N2O4S. The second-order valence-corrected chi connectivity index (χ2v) is 7.57.